The van der Waals surface area contributed by atoms with Crippen molar-refractivity contribution >= 4 is 22.6 Å². The van der Waals surface area contributed by atoms with E-state index in [1.54, 1.807) is 42.5 Å². The highest BCUT2D eigenvalue weighted by atomic mass is 16.2. The van der Waals surface area contributed by atoms with Crippen LogP contribution in [-0.4, -0.2) is 35.7 Å². The third-order valence-electron chi connectivity index (χ3n) is 3.82. The molecule has 0 bridgehead atoms. The first-order valence-corrected chi connectivity index (χ1v) is 7.78. The average molecular weight is 347 g/mol. The maximum absolute atomic E-state index is 12.4. The summed E-state index contributed by atoms with van der Waals surface area (Å²) in [4.78, 5) is 28.5. The van der Waals surface area contributed by atoms with Gasteiger partial charge in [-0.15, -0.1) is 5.10 Å². The van der Waals surface area contributed by atoms with Crippen molar-refractivity contribution in [3.63, 3.8) is 0 Å². The van der Waals surface area contributed by atoms with Crippen LogP contribution in [0, 0.1) is 0 Å². The maximum atomic E-state index is 12.4. The lowest BCUT2D eigenvalue weighted by atomic mass is 10.2. The summed E-state index contributed by atoms with van der Waals surface area (Å²) in [5.41, 5.74) is 2.32. The van der Waals surface area contributed by atoms with Gasteiger partial charge in [0.25, 0.3) is 5.56 Å². The number of aromatic nitrogens is 6. The molecule has 128 valence electrons. The predicted molar refractivity (Wildman–Crippen MR) is 93.8 cm³/mol. The van der Waals surface area contributed by atoms with Gasteiger partial charge in [0.05, 0.1) is 22.9 Å². The Morgan fingerprint density at radius 2 is 1.88 bits per heavy atom. The Morgan fingerprint density at radius 3 is 2.65 bits per heavy atom. The molecule has 0 aliphatic rings. The van der Waals surface area contributed by atoms with E-state index < -0.39 is 0 Å². The summed E-state index contributed by atoms with van der Waals surface area (Å²) in [6.07, 6.45) is 2.70. The van der Waals surface area contributed by atoms with E-state index in [9.17, 15) is 9.59 Å². The second kappa shape index (κ2) is 6.55. The van der Waals surface area contributed by atoms with Crippen LogP contribution in [0.4, 0.5) is 5.69 Å². The van der Waals surface area contributed by atoms with Gasteiger partial charge in [0.15, 0.2) is 0 Å². The normalized spacial score (nSPS) is 10.8. The zero-order valence-corrected chi connectivity index (χ0v) is 13.5. The Morgan fingerprint density at radius 1 is 1.08 bits per heavy atom. The van der Waals surface area contributed by atoms with Crippen molar-refractivity contribution in [2.45, 2.75) is 6.54 Å². The van der Waals surface area contributed by atoms with Gasteiger partial charge in [0.2, 0.25) is 5.91 Å². The minimum atomic E-state index is -0.326. The van der Waals surface area contributed by atoms with Crippen molar-refractivity contribution in [1.29, 1.82) is 0 Å². The molecule has 0 aliphatic heterocycles. The summed E-state index contributed by atoms with van der Waals surface area (Å²) in [6, 6.07) is 14.2. The van der Waals surface area contributed by atoms with E-state index in [0.717, 1.165) is 5.69 Å². The van der Waals surface area contributed by atoms with Gasteiger partial charge in [-0.05, 0) is 46.8 Å². The second-order valence-electron chi connectivity index (χ2n) is 5.52. The number of nitrogens with zero attached hydrogens (tertiary/aromatic N) is 6. The third kappa shape index (κ3) is 3.05. The van der Waals surface area contributed by atoms with Crippen molar-refractivity contribution < 1.29 is 4.79 Å². The number of carbonyl (C=O) groups is 1. The molecular formula is C17H13N7O2. The number of fused-ring (bicyclic) bond motifs is 1. The van der Waals surface area contributed by atoms with Crippen LogP contribution < -0.4 is 10.9 Å². The van der Waals surface area contributed by atoms with Crippen LogP contribution >= 0.6 is 0 Å². The van der Waals surface area contributed by atoms with Gasteiger partial charge in [-0.3, -0.25) is 14.2 Å². The quantitative estimate of drug-likeness (QED) is 0.590. The molecule has 0 aliphatic carbocycles. The molecule has 0 saturated carbocycles. The highest BCUT2D eigenvalue weighted by Crippen LogP contribution is 2.13. The van der Waals surface area contributed by atoms with Crippen molar-refractivity contribution in [2.75, 3.05) is 5.32 Å². The molecule has 0 spiro atoms. The molecule has 2 aromatic carbocycles. The molecule has 0 saturated heterocycles. The lowest BCUT2D eigenvalue weighted by molar-refractivity contribution is -0.116. The van der Waals surface area contributed by atoms with Gasteiger partial charge in [-0.2, -0.15) is 0 Å². The van der Waals surface area contributed by atoms with Crippen molar-refractivity contribution in [1.82, 2.24) is 29.8 Å². The highest BCUT2D eigenvalue weighted by Gasteiger charge is 2.09. The molecule has 2 aromatic heterocycles. The molecule has 1 amide bonds. The highest BCUT2D eigenvalue weighted by molar-refractivity contribution is 5.91. The first-order valence-electron chi connectivity index (χ1n) is 7.78. The Kier molecular flexibility index (Phi) is 3.94. The first-order chi connectivity index (χ1) is 12.7. The number of benzene rings is 2. The number of hydrogen-bond donors (Lipinski definition) is 1. The summed E-state index contributed by atoms with van der Waals surface area (Å²) in [7, 11) is 0. The van der Waals surface area contributed by atoms with Gasteiger partial charge in [0.1, 0.15) is 12.9 Å². The lowest BCUT2D eigenvalue weighted by Gasteiger charge is -2.10. The molecule has 0 atom stereocenters. The number of anilines is 1. The predicted octanol–water partition coefficient (Wildman–Crippen LogP) is 1.01. The van der Waals surface area contributed by atoms with E-state index in [2.05, 4.69) is 25.8 Å². The molecule has 26 heavy (non-hydrogen) atoms. The zero-order chi connectivity index (χ0) is 17.9. The van der Waals surface area contributed by atoms with E-state index in [4.69, 9.17) is 0 Å². The number of para-hydroxylation sites is 2. The van der Waals surface area contributed by atoms with Gasteiger partial charge in [0, 0.05) is 5.69 Å². The molecule has 0 unspecified atom stereocenters. The number of rotatable bonds is 4. The van der Waals surface area contributed by atoms with E-state index in [1.807, 2.05) is 6.07 Å². The van der Waals surface area contributed by atoms with Crippen molar-refractivity contribution in [3.05, 3.63) is 71.4 Å². The minimum Gasteiger partial charge on any atom is -0.325 e. The van der Waals surface area contributed by atoms with Gasteiger partial charge >= 0.3 is 0 Å². The van der Waals surface area contributed by atoms with Crippen LogP contribution in [0.5, 0.6) is 0 Å². The SMILES string of the molecule is O=C(Cn1c(=O)cnc2ccccc21)Nc1ccc(-n2cnnn2)cc1. The van der Waals surface area contributed by atoms with E-state index in [0.29, 0.717) is 16.7 Å². The molecule has 9 nitrogen and oxygen atoms in total. The number of hydrogen-bond acceptors (Lipinski definition) is 6. The average Bonchev–Trinajstić information content (AvgIpc) is 3.19. The Bertz CT molecular complexity index is 1120. The van der Waals surface area contributed by atoms with E-state index in [1.165, 1.54) is 21.8 Å². The van der Waals surface area contributed by atoms with Crippen molar-refractivity contribution in [3.8, 4) is 5.69 Å². The monoisotopic (exact) mass is 347 g/mol. The standard InChI is InChI=1S/C17H13N7O2/c25-16(10-23-15-4-2-1-3-14(15)18-9-17(23)26)20-12-5-7-13(8-6-12)24-11-19-21-22-24/h1-9,11H,10H2,(H,20,25). The zero-order valence-electron chi connectivity index (χ0n) is 13.5. The fourth-order valence-corrected chi connectivity index (χ4v) is 2.60. The number of carbonyl (C=O) groups excluding carboxylic acids is 1. The minimum absolute atomic E-state index is 0.101. The van der Waals surface area contributed by atoms with Crippen LogP contribution in [0.15, 0.2) is 65.8 Å². The fourth-order valence-electron chi connectivity index (χ4n) is 2.60. The Hall–Kier alpha value is -3.88. The summed E-state index contributed by atoms with van der Waals surface area (Å²) in [6.45, 7) is -0.101. The van der Waals surface area contributed by atoms with Gasteiger partial charge < -0.3 is 5.32 Å². The van der Waals surface area contributed by atoms with E-state index >= 15 is 0 Å². The molecule has 4 aromatic rings. The molecule has 2 heterocycles. The van der Waals surface area contributed by atoms with Crippen LogP contribution in [0.25, 0.3) is 16.7 Å². The summed E-state index contributed by atoms with van der Waals surface area (Å²) >= 11 is 0. The molecule has 1 N–H and O–H groups in total. The lowest BCUT2D eigenvalue weighted by Crippen LogP contribution is -2.27. The smallest absolute Gasteiger partial charge is 0.269 e. The Labute approximate surface area is 146 Å². The number of tetrazole rings is 1. The molecule has 0 radical (unpaired) electrons. The summed E-state index contributed by atoms with van der Waals surface area (Å²) < 4.78 is 2.90. The first kappa shape index (κ1) is 15.6. The topological polar surface area (TPSA) is 108 Å². The Balaban J connectivity index is 1.53. The van der Waals surface area contributed by atoms with Crippen LogP contribution in [-0.2, 0) is 11.3 Å². The maximum Gasteiger partial charge on any atom is 0.269 e. The van der Waals surface area contributed by atoms with Gasteiger partial charge in [-0.1, -0.05) is 12.1 Å². The summed E-state index contributed by atoms with van der Waals surface area (Å²) in [5, 5.41) is 13.7. The number of amides is 1. The second-order valence-corrected chi connectivity index (χ2v) is 5.52. The summed E-state index contributed by atoms with van der Waals surface area (Å²) in [5.74, 6) is -0.307. The van der Waals surface area contributed by atoms with Gasteiger partial charge in [-0.25, -0.2) is 9.67 Å². The van der Waals surface area contributed by atoms with Crippen LogP contribution in [0.2, 0.25) is 0 Å². The molecule has 0 fully saturated rings. The van der Waals surface area contributed by atoms with Crippen LogP contribution in [0.3, 0.4) is 0 Å². The largest absolute Gasteiger partial charge is 0.325 e. The van der Waals surface area contributed by atoms with E-state index in [-0.39, 0.29) is 18.0 Å². The number of nitrogens with one attached hydrogen (secondary N) is 1. The third-order valence-corrected chi connectivity index (χ3v) is 3.82. The molecule has 4 rings (SSSR count). The molecule has 9 heteroatoms. The molecular weight excluding hydrogens is 334 g/mol. The van der Waals surface area contributed by atoms with Crippen LogP contribution in [0.1, 0.15) is 0 Å². The fraction of sp³-hybridized carbons (Fsp3) is 0.0588. The van der Waals surface area contributed by atoms with Crippen molar-refractivity contribution in [2.24, 2.45) is 0 Å².